The van der Waals surface area contributed by atoms with Crippen molar-refractivity contribution >= 4 is 22.5 Å². The zero-order chi connectivity index (χ0) is 21.2. The molecule has 5 nitrogen and oxygen atoms in total. The second-order valence-corrected chi connectivity index (χ2v) is 6.08. The van der Waals surface area contributed by atoms with E-state index in [0.717, 1.165) is 12.1 Å². The van der Waals surface area contributed by atoms with Gasteiger partial charge in [-0.15, -0.1) is 0 Å². The number of fused-ring (bicyclic) bond motifs is 1. The molecule has 0 amide bonds. The molecule has 0 aliphatic carbocycles. The van der Waals surface area contributed by atoms with Crippen molar-refractivity contribution in [2.45, 2.75) is 12.4 Å². The van der Waals surface area contributed by atoms with Crippen LogP contribution in [-0.2, 0) is 19.4 Å². The molecule has 0 atom stereocenters. The fourth-order valence-corrected chi connectivity index (χ4v) is 2.92. The second kappa shape index (κ2) is 6.12. The van der Waals surface area contributed by atoms with Gasteiger partial charge in [0.25, 0.3) is 5.56 Å². The molecule has 0 unspecified atom stereocenters. The number of alkyl halides is 6. The van der Waals surface area contributed by atoms with Gasteiger partial charge in [0.1, 0.15) is 5.69 Å². The molecule has 0 bridgehead atoms. The average molecular weight is 430 g/mol. The summed E-state index contributed by atoms with van der Waals surface area (Å²) >= 11 is 5.76. The zero-order valence-corrected chi connectivity index (χ0v) is 14.2. The van der Waals surface area contributed by atoms with Crippen LogP contribution < -0.4 is 11.2 Å². The second-order valence-electron chi connectivity index (χ2n) is 5.67. The molecule has 0 aliphatic rings. The van der Waals surface area contributed by atoms with Crippen molar-refractivity contribution in [1.29, 1.82) is 0 Å². The van der Waals surface area contributed by atoms with E-state index in [1.165, 1.54) is 0 Å². The Labute approximate surface area is 154 Å². The van der Waals surface area contributed by atoms with E-state index in [2.05, 4.69) is 0 Å². The minimum atomic E-state index is -5.15. The maximum absolute atomic E-state index is 14.5. The van der Waals surface area contributed by atoms with Gasteiger partial charge in [-0.3, -0.25) is 9.36 Å². The number of hydrogen-bond donors (Lipinski definition) is 1. The van der Waals surface area contributed by atoms with Crippen molar-refractivity contribution in [2.24, 2.45) is 7.05 Å². The normalized spacial score (nSPS) is 12.8. The van der Waals surface area contributed by atoms with Crippen molar-refractivity contribution in [3.8, 4) is 5.69 Å². The largest absolute Gasteiger partial charge is 0.434 e. The van der Waals surface area contributed by atoms with Crippen molar-refractivity contribution in [3.05, 3.63) is 61.3 Å². The van der Waals surface area contributed by atoms with Gasteiger partial charge >= 0.3 is 18.0 Å². The van der Waals surface area contributed by atoms with Crippen LogP contribution in [0.15, 0.2) is 27.8 Å². The van der Waals surface area contributed by atoms with Crippen molar-refractivity contribution in [1.82, 2.24) is 14.1 Å². The first-order chi connectivity index (χ1) is 12.7. The van der Waals surface area contributed by atoms with Crippen LogP contribution in [-0.4, -0.2) is 14.1 Å². The topological polar surface area (TPSA) is 59.8 Å². The van der Waals surface area contributed by atoms with E-state index in [1.807, 2.05) is 0 Å². The lowest BCUT2D eigenvalue weighted by molar-refractivity contribution is -0.144. The van der Waals surface area contributed by atoms with Crippen molar-refractivity contribution < 1.29 is 30.7 Å². The maximum atomic E-state index is 14.5. The summed E-state index contributed by atoms with van der Waals surface area (Å²) in [4.78, 5) is 26.2. The molecule has 3 rings (SSSR count). The smallest absolute Gasteiger partial charge is 0.347 e. The SMILES string of the molecule is Cn1c(C(F)(F)F)cc(=O)n(-c2ccc(Cl)c3[nH]c(C(F)(F)F)c(F)c23)c1=O. The minimum absolute atomic E-state index is 0.0804. The number of hydrogen-bond acceptors (Lipinski definition) is 2. The summed E-state index contributed by atoms with van der Waals surface area (Å²) in [6.45, 7) is 0. The number of nitrogens with zero attached hydrogens (tertiary/aromatic N) is 2. The third kappa shape index (κ3) is 2.97. The van der Waals surface area contributed by atoms with Gasteiger partial charge in [0, 0.05) is 13.1 Å². The Kier molecular flexibility index (Phi) is 4.37. The average Bonchev–Trinajstić information content (AvgIpc) is 2.91. The fourth-order valence-electron chi connectivity index (χ4n) is 2.72. The van der Waals surface area contributed by atoms with Gasteiger partial charge in [0.15, 0.2) is 11.5 Å². The van der Waals surface area contributed by atoms with E-state index in [-0.39, 0.29) is 20.2 Å². The number of nitrogens with one attached hydrogen (secondary N) is 1. The van der Waals surface area contributed by atoms with E-state index in [1.54, 1.807) is 4.98 Å². The maximum Gasteiger partial charge on any atom is 0.434 e. The number of aromatic nitrogens is 3. The van der Waals surface area contributed by atoms with Crippen LogP contribution in [0.3, 0.4) is 0 Å². The van der Waals surface area contributed by atoms with Crippen LogP contribution in [0.2, 0.25) is 5.02 Å². The fraction of sp³-hybridized carbons (Fsp3) is 0.200. The summed E-state index contributed by atoms with van der Waals surface area (Å²) in [5.74, 6) is -1.85. The highest BCUT2D eigenvalue weighted by atomic mass is 35.5. The first kappa shape index (κ1) is 20.0. The molecular formula is C15H7ClF7N3O2. The molecule has 13 heteroatoms. The van der Waals surface area contributed by atoms with Gasteiger partial charge in [0.2, 0.25) is 0 Å². The molecule has 150 valence electrons. The van der Waals surface area contributed by atoms with E-state index in [4.69, 9.17) is 11.6 Å². The number of H-pyrrole nitrogens is 1. The molecule has 0 spiro atoms. The molecule has 0 fully saturated rings. The number of rotatable bonds is 1. The molecule has 1 aromatic carbocycles. The predicted molar refractivity (Wildman–Crippen MR) is 84.1 cm³/mol. The molecular weight excluding hydrogens is 423 g/mol. The summed E-state index contributed by atoms with van der Waals surface area (Å²) < 4.78 is 92.4. The quantitative estimate of drug-likeness (QED) is 0.597. The Bertz CT molecular complexity index is 1220. The van der Waals surface area contributed by atoms with Crippen LogP contribution in [0.5, 0.6) is 0 Å². The van der Waals surface area contributed by atoms with Gasteiger partial charge in [-0.25, -0.2) is 13.8 Å². The zero-order valence-electron chi connectivity index (χ0n) is 13.5. The van der Waals surface area contributed by atoms with Gasteiger partial charge < -0.3 is 4.98 Å². The summed E-state index contributed by atoms with van der Waals surface area (Å²) in [5.41, 5.74) is -7.69. The monoisotopic (exact) mass is 429 g/mol. The Balaban J connectivity index is 2.46. The van der Waals surface area contributed by atoms with Crippen LogP contribution in [0.4, 0.5) is 30.7 Å². The summed E-state index contributed by atoms with van der Waals surface area (Å²) in [6.07, 6.45) is -10.2. The lowest BCUT2D eigenvalue weighted by atomic mass is 10.2. The van der Waals surface area contributed by atoms with Gasteiger partial charge in [-0.1, -0.05) is 11.6 Å². The number of aromatic amines is 1. The first-order valence-electron chi connectivity index (χ1n) is 7.22. The molecule has 3 aromatic rings. The van der Waals surface area contributed by atoms with Crippen LogP contribution in [0, 0.1) is 5.82 Å². The van der Waals surface area contributed by atoms with Crippen LogP contribution in [0.1, 0.15) is 11.4 Å². The van der Waals surface area contributed by atoms with Crippen LogP contribution >= 0.6 is 11.6 Å². The highest BCUT2D eigenvalue weighted by molar-refractivity contribution is 6.35. The number of halogens is 8. The van der Waals surface area contributed by atoms with E-state index in [9.17, 15) is 40.3 Å². The van der Waals surface area contributed by atoms with Gasteiger partial charge in [-0.05, 0) is 12.1 Å². The standard InChI is InChI=1S/C15H7ClF7N3O2/c1-25-7(14(18,19)20)4-8(27)26(13(25)28)6-3-2-5(16)11-9(6)10(17)12(24-11)15(21,22)23/h2-4,24H,1H3. The highest BCUT2D eigenvalue weighted by Gasteiger charge is 2.39. The molecule has 0 radical (unpaired) electrons. The third-order valence-corrected chi connectivity index (χ3v) is 4.27. The molecule has 1 N–H and O–H groups in total. The molecule has 0 saturated carbocycles. The van der Waals surface area contributed by atoms with Crippen molar-refractivity contribution in [2.75, 3.05) is 0 Å². The molecule has 2 aromatic heterocycles. The van der Waals surface area contributed by atoms with E-state index in [0.29, 0.717) is 7.05 Å². The summed E-state index contributed by atoms with van der Waals surface area (Å²) in [6, 6.07) is 1.91. The lowest BCUT2D eigenvalue weighted by Gasteiger charge is -2.14. The van der Waals surface area contributed by atoms with Crippen molar-refractivity contribution in [3.63, 3.8) is 0 Å². The summed E-state index contributed by atoms with van der Waals surface area (Å²) in [5, 5.41) is -1.22. The predicted octanol–water partition coefficient (Wildman–Crippen LogP) is 3.85. The summed E-state index contributed by atoms with van der Waals surface area (Å²) in [7, 11) is 0.711. The number of benzene rings is 1. The Morgan fingerprint density at radius 1 is 1.04 bits per heavy atom. The van der Waals surface area contributed by atoms with E-state index < -0.39 is 57.4 Å². The first-order valence-corrected chi connectivity index (χ1v) is 7.60. The molecule has 0 saturated heterocycles. The highest BCUT2D eigenvalue weighted by Crippen LogP contribution is 2.38. The van der Waals surface area contributed by atoms with Gasteiger partial charge in [0.05, 0.1) is 21.6 Å². The minimum Gasteiger partial charge on any atom is -0.347 e. The Morgan fingerprint density at radius 2 is 1.64 bits per heavy atom. The van der Waals surface area contributed by atoms with Gasteiger partial charge in [-0.2, -0.15) is 26.3 Å². The van der Waals surface area contributed by atoms with E-state index >= 15 is 0 Å². The molecule has 2 heterocycles. The lowest BCUT2D eigenvalue weighted by Crippen LogP contribution is -2.40. The molecule has 28 heavy (non-hydrogen) atoms. The molecule has 0 aliphatic heterocycles. The Hall–Kier alpha value is -2.76. The third-order valence-electron chi connectivity index (χ3n) is 3.96. The van der Waals surface area contributed by atoms with Crippen LogP contribution in [0.25, 0.3) is 16.6 Å². The Morgan fingerprint density at radius 3 is 2.18 bits per heavy atom.